The number of anilines is 1. The van der Waals surface area contributed by atoms with Gasteiger partial charge in [0, 0.05) is 11.9 Å². The highest BCUT2D eigenvalue weighted by Gasteiger charge is 2.32. The first-order valence-corrected chi connectivity index (χ1v) is 6.47. The van der Waals surface area contributed by atoms with E-state index in [-0.39, 0.29) is 5.56 Å². The van der Waals surface area contributed by atoms with Crippen molar-refractivity contribution in [2.24, 2.45) is 0 Å². The summed E-state index contributed by atoms with van der Waals surface area (Å²) in [6.07, 6.45) is -3.63. The fourth-order valence-corrected chi connectivity index (χ4v) is 1.70. The second-order valence-corrected chi connectivity index (χ2v) is 4.34. The van der Waals surface area contributed by atoms with Gasteiger partial charge in [-0.15, -0.1) is 0 Å². The van der Waals surface area contributed by atoms with Gasteiger partial charge in [0.1, 0.15) is 11.4 Å². The Balaban J connectivity index is 2.05. The van der Waals surface area contributed by atoms with Crippen LogP contribution in [0.2, 0.25) is 0 Å². The lowest BCUT2D eigenvalue weighted by atomic mass is 10.2. The second kappa shape index (κ2) is 6.46. The smallest absolute Gasteiger partial charge is 0.433 e. The first-order valence-electron chi connectivity index (χ1n) is 6.47. The Morgan fingerprint density at radius 1 is 1.18 bits per heavy atom. The molecule has 0 atom stereocenters. The molecule has 7 heteroatoms. The number of nitrogens with zero attached hydrogens (tertiary/aromatic N) is 1. The predicted molar refractivity (Wildman–Crippen MR) is 74.8 cm³/mol. The van der Waals surface area contributed by atoms with Crippen molar-refractivity contribution in [3.05, 3.63) is 53.9 Å². The molecule has 0 radical (unpaired) electrons. The molecule has 0 bridgehead atoms. The van der Waals surface area contributed by atoms with E-state index in [0.717, 1.165) is 18.3 Å². The number of rotatable bonds is 4. The lowest BCUT2D eigenvalue weighted by Gasteiger charge is -2.08. The molecule has 1 aromatic heterocycles. The predicted octanol–water partition coefficient (Wildman–Crippen LogP) is 3.75. The summed E-state index contributed by atoms with van der Waals surface area (Å²) in [6.45, 7) is 2.39. The summed E-state index contributed by atoms with van der Waals surface area (Å²) < 4.78 is 42.4. The maximum atomic E-state index is 12.4. The number of pyridine rings is 1. The molecule has 2 aromatic rings. The molecular weight excluding hydrogens is 297 g/mol. The van der Waals surface area contributed by atoms with E-state index in [0.29, 0.717) is 18.0 Å². The van der Waals surface area contributed by atoms with Gasteiger partial charge in [0.15, 0.2) is 0 Å². The van der Waals surface area contributed by atoms with E-state index in [4.69, 9.17) is 4.74 Å². The minimum atomic E-state index is -4.52. The summed E-state index contributed by atoms with van der Waals surface area (Å²) in [5.41, 5.74) is -0.486. The van der Waals surface area contributed by atoms with Gasteiger partial charge in [0.25, 0.3) is 5.91 Å². The standard InChI is InChI=1S/C15H13F3N2O2/c1-2-22-12-6-4-11(5-7-12)20-14(21)10-3-8-13(19-9-10)15(16,17)18/h3-9H,2H2,1H3,(H,20,21). The fraction of sp³-hybridized carbons (Fsp3) is 0.200. The Morgan fingerprint density at radius 3 is 2.36 bits per heavy atom. The van der Waals surface area contributed by atoms with Crippen LogP contribution in [0, 0.1) is 0 Å². The van der Waals surface area contributed by atoms with E-state index >= 15 is 0 Å². The van der Waals surface area contributed by atoms with Crippen LogP contribution in [0.1, 0.15) is 23.0 Å². The summed E-state index contributed by atoms with van der Waals surface area (Å²) in [5, 5.41) is 2.57. The van der Waals surface area contributed by atoms with E-state index in [1.54, 1.807) is 24.3 Å². The number of aromatic nitrogens is 1. The number of halogens is 3. The van der Waals surface area contributed by atoms with Gasteiger partial charge in [-0.2, -0.15) is 13.2 Å². The molecule has 22 heavy (non-hydrogen) atoms. The first kappa shape index (κ1) is 15.8. The maximum absolute atomic E-state index is 12.4. The highest BCUT2D eigenvalue weighted by atomic mass is 19.4. The number of amides is 1. The van der Waals surface area contributed by atoms with Gasteiger partial charge >= 0.3 is 6.18 Å². The minimum absolute atomic E-state index is 0.0434. The molecule has 0 aliphatic heterocycles. The second-order valence-electron chi connectivity index (χ2n) is 4.34. The zero-order valence-electron chi connectivity index (χ0n) is 11.6. The van der Waals surface area contributed by atoms with Crippen molar-refractivity contribution in [2.45, 2.75) is 13.1 Å². The van der Waals surface area contributed by atoms with Crippen molar-refractivity contribution in [1.82, 2.24) is 4.98 Å². The maximum Gasteiger partial charge on any atom is 0.433 e. The molecule has 0 aliphatic carbocycles. The third-order valence-corrected chi connectivity index (χ3v) is 2.74. The third kappa shape index (κ3) is 3.97. The van der Waals surface area contributed by atoms with Gasteiger partial charge in [-0.25, -0.2) is 0 Å². The van der Waals surface area contributed by atoms with E-state index < -0.39 is 17.8 Å². The zero-order chi connectivity index (χ0) is 16.2. The van der Waals surface area contributed by atoms with Gasteiger partial charge in [-0.3, -0.25) is 9.78 Å². The Labute approximate surface area is 124 Å². The molecular formula is C15H13F3N2O2. The SMILES string of the molecule is CCOc1ccc(NC(=O)c2ccc(C(F)(F)F)nc2)cc1. The molecule has 0 saturated heterocycles. The monoisotopic (exact) mass is 310 g/mol. The van der Waals surface area contributed by atoms with E-state index in [9.17, 15) is 18.0 Å². The number of hydrogen-bond donors (Lipinski definition) is 1. The molecule has 1 amide bonds. The number of hydrogen-bond acceptors (Lipinski definition) is 3. The Hall–Kier alpha value is -2.57. The summed E-state index contributed by atoms with van der Waals surface area (Å²) in [5.74, 6) is 0.127. The molecule has 0 aliphatic rings. The lowest BCUT2D eigenvalue weighted by Crippen LogP contribution is -2.14. The average molecular weight is 310 g/mol. The number of benzene rings is 1. The van der Waals surface area contributed by atoms with Gasteiger partial charge in [0.2, 0.25) is 0 Å². The molecule has 0 unspecified atom stereocenters. The molecule has 1 heterocycles. The lowest BCUT2D eigenvalue weighted by molar-refractivity contribution is -0.141. The van der Waals surface area contributed by atoms with Gasteiger partial charge < -0.3 is 10.1 Å². The van der Waals surface area contributed by atoms with Crippen molar-refractivity contribution < 1.29 is 22.7 Å². The number of alkyl halides is 3. The zero-order valence-corrected chi connectivity index (χ0v) is 11.6. The van der Waals surface area contributed by atoms with Crippen LogP contribution in [-0.4, -0.2) is 17.5 Å². The van der Waals surface area contributed by atoms with Crippen molar-refractivity contribution >= 4 is 11.6 Å². The van der Waals surface area contributed by atoms with Crippen molar-refractivity contribution in [1.29, 1.82) is 0 Å². The number of carbonyl (C=O) groups is 1. The number of carbonyl (C=O) groups excluding carboxylic acids is 1. The highest BCUT2D eigenvalue weighted by molar-refractivity contribution is 6.04. The van der Waals surface area contributed by atoms with Crippen LogP contribution < -0.4 is 10.1 Å². The summed E-state index contributed by atoms with van der Waals surface area (Å²) in [4.78, 5) is 15.2. The largest absolute Gasteiger partial charge is 0.494 e. The first-order chi connectivity index (χ1) is 10.4. The van der Waals surface area contributed by atoms with Crippen LogP contribution in [0.3, 0.4) is 0 Å². The molecule has 4 nitrogen and oxygen atoms in total. The summed E-state index contributed by atoms with van der Waals surface area (Å²) in [6, 6.07) is 8.50. The molecule has 116 valence electrons. The fourth-order valence-electron chi connectivity index (χ4n) is 1.70. The minimum Gasteiger partial charge on any atom is -0.494 e. The van der Waals surface area contributed by atoms with E-state index in [2.05, 4.69) is 10.3 Å². The van der Waals surface area contributed by atoms with Gasteiger partial charge in [-0.05, 0) is 43.3 Å². The van der Waals surface area contributed by atoms with Crippen LogP contribution in [0.25, 0.3) is 0 Å². The Morgan fingerprint density at radius 2 is 1.86 bits per heavy atom. The van der Waals surface area contributed by atoms with Crippen LogP contribution in [-0.2, 0) is 6.18 Å². The van der Waals surface area contributed by atoms with E-state index in [1.165, 1.54) is 0 Å². The third-order valence-electron chi connectivity index (χ3n) is 2.74. The van der Waals surface area contributed by atoms with Crippen LogP contribution >= 0.6 is 0 Å². The Bertz CT molecular complexity index is 637. The quantitative estimate of drug-likeness (QED) is 0.935. The molecule has 0 fully saturated rings. The van der Waals surface area contributed by atoms with Gasteiger partial charge in [0.05, 0.1) is 12.2 Å². The van der Waals surface area contributed by atoms with Crippen LogP contribution in [0.4, 0.5) is 18.9 Å². The number of ether oxygens (including phenoxy) is 1. The molecule has 1 N–H and O–H groups in total. The molecule has 1 aromatic carbocycles. The van der Waals surface area contributed by atoms with Crippen LogP contribution in [0.15, 0.2) is 42.6 Å². The topological polar surface area (TPSA) is 51.2 Å². The normalized spacial score (nSPS) is 11.1. The average Bonchev–Trinajstić information content (AvgIpc) is 2.49. The number of nitrogens with one attached hydrogen (secondary N) is 1. The summed E-state index contributed by atoms with van der Waals surface area (Å²) in [7, 11) is 0. The highest BCUT2D eigenvalue weighted by Crippen LogP contribution is 2.27. The van der Waals surface area contributed by atoms with Gasteiger partial charge in [-0.1, -0.05) is 0 Å². The van der Waals surface area contributed by atoms with Crippen molar-refractivity contribution in [2.75, 3.05) is 11.9 Å². The van der Waals surface area contributed by atoms with Crippen LogP contribution in [0.5, 0.6) is 5.75 Å². The summed E-state index contributed by atoms with van der Waals surface area (Å²) >= 11 is 0. The van der Waals surface area contributed by atoms with Crippen molar-refractivity contribution in [3.8, 4) is 5.75 Å². The van der Waals surface area contributed by atoms with Crippen molar-refractivity contribution in [3.63, 3.8) is 0 Å². The molecule has 0 spiro atoms. The van der Waals surface area contributed by atoms with E-state index in [1.807, 2.05) is 6.92 Å². The molecule has 0 saturated carbocycles. The Kier molecular flexibility index (Phi) is 4.65. The molecule has 2 rings (SSSR count).